The van der Waals surface area contributed by atoms with Crippen LogP contribution in [-0.4, -0.2) is 77.2 Å². The summed E-state index contributed by atoms with van der Waals surface area (Å²) in [6, 6.07) is 9.47. The number of aromatic nitrogens is 2. The van der Waals surface area contributed by atoms with E-state index in [1.54, 1.807) is 6.20 Å². The van der Waals surface area contributed by atoms with Crippen LogP contribution in [-0.2, 0) is 4.74 Å². The zero-order valence-corrected chi connectivity index (χ0v) is 15.7. The molecule has 1 aliphatic heterocycles. The number of hydrogen-bond acceptors (Lipinski definition) is 6. The van der Waals surface area contributed by atoms with Crippen molar-refractivity contribution in [1.29, 1.82) is 0 Å². The van der Waals surface area contributed by atoms with E-state index < -0.39 is 6.10 Å². The van der Waals surface area contributed by atoms with Gasteiger partial charge in [0, 0.05) is 31.9 Å². The van der Waals surface area contributed by atoms with Crippen molar-refractivity contribution in [2.75, 3.05) is 32.8 Å². The second-order valence-corrected chi connectivity index (χ2v) is 7.29. The average Bonchev–Trinajstić information content (AvgIpc) is 3.37. The first-order chi connectivity index (χ1) is 13.7. The normalized spacial score (nSPS) is 28.2. The van der Waals surface area contributed by atoms with Gasteiger partial charge in [-0.3, -0.25) is 14.8 Å². The number of amides is 1. The maximum Gasteiger partial charge on any atom is 0.254 e. The summed E-state index contributed by atoms with van der Waals surface area (Å²) in [6.07, 6.45) is 2.79. The third-order valence-corrected chi connectivity index (χ3v) is 5.53. The molecule has 2 fully saturated rings. The Morgan fingerprint density at radius 1 is 1.32 bits per heavy atom. The summed E-state index contributed by atoms with van der Waals surface area (Å²) in [6.45, 7) is 3.32. The van der Waals surface area contributed by atoms with Gasteiger partial charge < -0.3 is 19.9 Å². The van der Waals surface area contributed by atoms with Gasteiger partial charge in [-0.15, -0.1) is 0 Å². The number of morpholine rings is 1. The van der Waals surface area contributed by atoms with Gasteiger partial charge in [-0.1, -0.05) is 18.2 Å². The maximum atomic E-state index is 12.3. The van der Waals surface area contributed by atoms with Crippen LogP contribution in [0.5, 0.6) is 5.75 Å². The highest BCUT2D eigenvalue weighted by molar-refractivity contribution is 5.93. The number of ether oxygens (including phenoxy) is 2. The summed E-state index contributed by atoms with van der Waals surface area (Å²) in [5.41, 5.74) is 0.499. The van der Waals surface area contributed by atoms with Crippen LogP contribution in [0.25, 0.3) is 0 Å². The van der Waals surface area contributed by atoms with Gasteiger partial charge >= 0.3 is 0 Å². The number of nitrogens with zero attached hydrogens (tertiary/aromatic N) is 2. The van der Waals surface area contributed by atoms with Crippen LogP contribution in [0.1, 0.15) is 16.8 Å². The fourth-order valence-corrected chi connectivity index (χ4v) is 4.16. The fraction of sp³-hybridized carbons (Fsp3) is 0.500. The van der Waals surface area contributed by atoms with Crippen molar-refractivity contribution in [1.82, 2.24) is 20.4 Å². The minimum atomic E-state index is -0.630. The van der Waals surface area contributed by atoms with E-state index in [1.807, 2.05) is 30.3 Å². The molecule has 28 heavy (non-hydrogen) atoms. The van der Waals surface area contributed by atoms with Crippen molar-refractivity contribution in [2.24, 2.45) is 5.92 Å². The van der Waals surface area contributed by atoms with Crippen molar-refractivity contribution in [3.05, 3.63) is 48.3 Å². The minimum absolute atomic E-state index is 0.0812. The Kier molecular flexibility index (Phi) is 5.90. The number of carbonyl (C=O) groups is 1. The van der Waals surface area contributed by atoms with Crippen LogP contribution in [0.2, 0.25) is 0 Å². The molecule has 2 heterocycles. The number of aromatic amines is 1. The van der Waals surface area contributed by atoms with Gasteiger partial charge in [0.1, 0.15) is 18.0 Å². The lowest BCUT2D eigenvalue weighted by Crippen LogP contribution is -2.52. The molecule has 4 atom stereocenters. The van der Waals surface area contributed by atoms with E-state index in [1.165, 1.54) is 6.20 Å². The summed E-state index contributed by atoms with van der Waals surface area (Å²) in [5, 5.41) is 20.5. The topological polar surface area (TPSA) is 99.7 Å². The maximum absolute atomic E-state index is 12.3. The van der Waals surface area contributed by atoms with Crippen LogP contribution in [0.3, 0.4) is 0 Å². The SMILES string of the molecule is O=C(NC[C@@H]1C[C@@H](Oc2ccccc2)[C@H](O)[C@H]1N1CCOCC1)c1cn[nH]c1. The Labute approximate surface area is 163 Å². The quantitative estimate of drug-likeness (QED) is 0.675. The third-order valence-electron chi connectivity index (χ3n) is 5.53. The number of aliphatic hydroxyl groups excluding tert-OH is 1. The molecule has 1 saturated carbocycles. The molecule has 8 nitrogen and oxygen atoms in total. The molecule has 1 amide bonds. The highest BCUT2D eigenvalue weighted by Crippen LogP contribution is 2.33. The van der Waals surface area contributed by atoms with Crippen LogP contribution in [0.4, 0.5) is 0 Å². The van der Waals surface area contributed by atoms with Crippen LogP contribution in [0.15, 0.2) is 42.7 Å². The molecule has 0 bridgehead atoms. The molecule has 1 aromatic carbocycles. The van der Waals surface area contributed by atoms with Gasteiger partial charge in [-0.25, -0.2) is 0 Å². The zero-order chi connectivity index (χ0) is 19.3. The summed E-state index contributed by atoms with van der Waals surface area (Å²) in [7, 11) is 0. The first kappa shape index (κ1) is 18.9. The number of para-hydroxylation sites is 1. The fourth-order valence-electron chi connectivity index (χ4n) is 4.16. The van der Waals surface area contributed by atoms with Crippen molar-refractivity contribution in [2.45, 2.75) is 24.7 Å². The second kappa shape index (κ2) is 8.72. The molecular weight excluding hydrogens is 360 g/mol. The van der Waals surface area contributed by atoms with E-state index in [4.69, 9.17) is 9.47 Å². The number of carbonyl (C=O) groups excluding carboxylic acids is 1. The average molecular weight is 386 g/mol. The Hall–Kier alpha value is -2.42. The largest absolute Gasteiger partial charge is 0.488 e. The molecule has 3 N–H and O–H groups in total. The molecule has 0 unspecified atom stereocenters. The van der Waals surface area contributed by atoms with Crippen LogP contribution in [0, 0.1) is 5.92 Å². The van der Waals surface area contributed by atoms with E-state index in [9.17, 15) is 9.90 Å². The molecule has 0 radical (unpaired) electrons. The Morgan fingerprint density at radius 2 is 2.11 bits per heavy atom. The first-order valence-corrected chi connectivity index (χ1v) is 9.71. The number of nitrogens with one attached hydrogen (secondary N) is 2. The molecule has 150 valence electrons. The molecule has 8 heteroatoms. The lowest BCUT2D eigenvalue weighted by Gasteiger charge is -2.37. The molecule has 1 saturated heterocycles. The van der Waals surface area contributed by atoms with Gasteiger partial charge in [0.2, 0.25) is 0 Å². The van der Waals surface area contributed by atoms with Crippen molar-refractivity contribution >= 4 is 5.91 Å². The monoisotopic (exact) mass is 386 g/mol. The summed E-state index contributed by atoms with van der Waals surface area (Å²) in [5.74, 6) is 0.657. The molecule has 4 rings (SSSR count). The molecule has 1 aromatic heterocycles. The summed E-state index contributed by atoms with van der Waals surface area (Å²) < 4.78 is 11.5. The molecule has 2 aromatic rings. The molecule has 2 aliphatic rings. The van der Waals surface area contributed by atoms with E-state index in [2.05, 4.69) is 20.4 Å². The number of aliphatic hydroxyl groups is 1. The first-order valence-electron chi connectivity index (χ1n) is 9.71. The molecule has 1 aliphatic carbocycles. The van der Waals surface area contributed by atoms with Gasteiger partial charge in [-0.05, 0) is 24.5 Å². The smallest absolute Gasteiger partial charge is 0.254 e. The van der Waals surface area contributed by atoms with Gasteiger partial charge in [-0.2, -0.15) is 5.10 Å². The number of rotatable bonds is 6. The van der Waals surface area contributed by atoms with E-state index in [-0.39, 0.29) is 24.0 Å². The second-order valence-electron chi connectivity index (χ2n) is 7.29. The Morgan fingerprint density at radius 3 is 2.82 bits per heavy atom. The Bertz CT molecular complexity index is 749. The molecular formula is C20H26N4O4. The lowest BCUT2D eigenvalue weighted by atomic mass is 10.0. The van der Waals surface area contributed by atoms with Crippen molar-refractivity contribution in [3.8, 4) is 5.75 Å². The molecule has 0 spiro atoms. The summed E-state index contributed by atoms with van der Waals surface area (Å²) >= 11 is 0. The van der Waals surface area contributed by atoms with Gasteiger partial charge in [0.15, 0.2) is 0 Å². The Balaban J connectivity index is 1.45. The predicted octanol–water partition coefficient (Wildman–Crippen LogP) is 0.669. The van der Waals surface area contributed by atoms with E-state index in [0.717, 1.165) is 18.8 Å². The highest BCUT2D eigenvalue weighted by atomic mass is 16.5. The number of H-pyrrole nitrogens is 1. The lowest BCUT2D eigenvalue weighted by molar-refractivity contribution is -0.0386. The zero-order valence-electron chi connectivity index (χ0n) is 15.7. The highest BCUT2D eigenvalue weighted by Gasteiger charge is 2.46. The number of benzene rings is 1. The van der Waals surface area contributed by atoms with Crippen LogP contribution >= 0.6 is 0 Å². The van der Waals surface area contributed by atoms with E-state index >= 15 is 0 Å². The van der Waals surface area contributed by atoms with Gasteiger partial charge in [0.05, 0.1) is 25.0 Å². The van der Waals surface area contributed by atoms with Crippen molar-refractivity contribution < 1.29 is 19.4 Å². The predicted molar refractivity (Wildman–Crippen MR) is 102 cm³/mol. The standard InChI is InChI=1S/C20H26N4O4/c25-19-17(28-16-4-2-1-3-5-16)10-14(18(19)24-6-8-27-9-7-24)11-21-20(26)15-12-22-23-13-15/h1-5,12-14,17-19,25H,6-11H2,(H,21,26)(H,22,23)/t14-,17+,18-,19-/m0/s1. The van der Waals surface area contributed by atoms with Gasteiger partial charge in [0.25, 0.3) is 5.91 Å². The third kappa shape index (κ3) is 4.19. The summed E-state index contributed by atoms with van der Waals surface area (Å²) in [4.78, 5) is 14.6. The minimum Gasteiger partial charge on any atom is -0.488 e. The van der Waals surface area contributed by atoms with E-state index in [0.29, 0.717) is 31.7 Å². The van der Waals surface area contributed by atoms with Crippen molar-refractivity contribution in [3.63, 3.8) is 0 Å². The number of hydrogen-bond donors (Lipinski definition) is 3. The van der Waals surface area contributed by atoms with Crippen LogP contribution < -0.4 is 10.1 Å².